The van der Waals surface area contributed by atoms with Gasteiger partial charge in [0.1, 0.15) is 12.6 Å². The molecular weight excluding hydrogens is 1090 g/mol. The monoisotopic (exact) mass is 1170 g/mol. The summed E-state index contributed by atoms with van der Waals surface area (Å²) in [6.45, 7) is 4.57. The highest BCUT2D eigenvalue weighted by atomic mass is 31.0. The molecule has 82 heavy (non-hydrogen) atoms. The van der Waals surface area contributed by atoms with Crippen molar-refractivity contribution < 1.29 is 81.4 Å². The number of imide groups is 1. The third kappa shape index (κ3) is 18.2. The first-order valence-electron chi connectivity index (χ1n) is 26.9. The van der Waals surface area contributed by atoms with Gasteiger partial charge in [0.15, 0.2) is 5.60 Å². The van der Waals surface area contributed by atoms with Crippen molar-refractivity contribution in [2.75, 3.05) is 132 Å². The van der Waals surface area contributed by atoms with Crippen LogP contribution in [-0.2, 0) is 101 Å². The van der Waals surface area contributed by atoms with Gasteiger partial charge in [-0.25, -0.2) is 9.78 Å². The van der Waals surface area contributed by atoms with Gasteiger partial charge in [0.2, 0.25) is 35.4 Å². The van der Waals surface area contributed by atoms with Crippen LogP contribution in [0.15, 0.2) is 47.3 Å². The predicted molar refractivity (Wildman–Crippen MR) is 294 cm³/mol. The number of rotatable bonds is 37. The number of aliphatic hydroxyl groups is 1. The number of para-hydroxylation sites is 1. The van der Waals surface area contributed by atoms with Crippen LogP contribution in [0.2, 0.25) is 0 Å². The summed E-state index contributed by atoms with van der Waals surface area (Å²) < 4.78 is 39.4. The molecule has 1 unspecified atom stereocenters. The summed E-state index contributed by atoms with van der Waals surface area (Å²) in [6.07, 6.45) is 2.82. The zero-order chi connectivity index (χ0) is 59.0. The first-order valence-corrected chi connectivity index (χ1v) is 27.8. The molecule has 0 saturated carbocycles. The molecule has 446 valence electrons. The Bertz CT molecular complexity index is 2870. The minimum absolute atomic E-state index is 0.0100. The summed E-state index contributed by atoms with van der Waals surface area (Å²) >= 11 is 0. The molecule has 27 nitrogen and oxygen atoms in total. The van der Waals surface area contributed by atoms with Crippen LogP contribution >= 0.6 is 9.24 Å². The summed E-state index contributed by atoms with van der Waals surface area (Å²) in [6, 6.07) is 8.07. The number of nitrogens with one attached hydrogen (secondary N) is 5. The average molecular weight is 1170 g/mol. The summed E-state index contributed by atoms with van der Waals surface area (Å²) in [7, 11) is 3.95. The Kier molecular flexibility index (Phi) is 25.4. The molecule has 8 amide bonds. The molecule has 28 heteroatoms. The molecule has 0 saturated heterocycles. The molecule has 6 rings (SSSR count). The van der Waals surface area contributed by atoms with Crippen LogP contribution in [0.5, 0.6) is 0 Å². The summed E-state index contributed by atoms with van der Waals surface area (Å²) in [5.74, 6) is -4.74. The molecular formula is C54H72N9O18P. The van der Waals surface area contributed by atoms with Gasteiger partial charge in [-0.05, 0) is 36.7 Å². The Morgan fingerprint density at radius 3 is 1.96 bits per heavy atom. The highest BCUT2D eigenvalue weighted by Gasteiger charge is 2.45. The molecule has 0 aliphatic carbocycles. The number of pyridine rings is 2. The molecule has 3 aromatic rings. The summed E-state index contributed by atoms with van der Waals surface area (Å²) in [5.41, 5.74) is 1.35. The van der Waals surface area contributed by atoms with Gasteiger partial charge in [-0.1, -0.05) is 25.1 Å². The zero-order valence-corrected chi connectivity index (χ0v) is 47.2. The molecule has 6 N–H and O–H groups in total. The maximum Gasteiger partial charge on any atom is 0.343 e. The molecule has 3 aliphatic heterocycles. The maximum absolute atomic E-state index is 13.8. The van der Waals surface area contributed by atoms with Gasteiger partial charge in [0, 0.05) is 68.2 Å². The van der Waals surface area contributed by atoms with Crippen molar-refractivity contribution in [3.8, 4) is 11.4 Å². The van der Waals surface area contributed by atoms with E-state index in [1.54, 1.807) is 24.6 Å². The van der Waals surface area contributed by atoms with Gasteiger partial charge in [0.25, 0.3) is 17.4 Å². The lowest BCUT2D eigenvalue weighted by molar-refractivity contribution is -0.172. The van der Waals surface area contributed by atoms with Crippen molar-refractivity contribution in [2.24, 2.45) is 0 Å². The van der Waals surface area contributed by atoms with Crippen molar-refractivity contribution in [3.05, 3.63) is 75.1 Å². The van der Waals surface area contributed by atoms with Crippen molar-refractivity contribution in [1.82, 2.24) is 45.9 Å². The molecule has 0 spiro atoms. The van der Waals surface area contributed by atoms with E-state index in [-0.39, 0.29) is 114 Å². The number of esters is 1. The smallest absolute Gasteiger partial charge is 0.343 e. The number of ether oxygens (including phenoxy) is 7. The van der Waals surface area contributed by atoms with Gasteiger partial charge in [-0.2, -0.15) is 0 Å². The molecule has 3 aliphatic rings. The Morgan fingerprint density at radius 1 is 0.744 bits per heavy atom. The Labute approximate surface area is 475 Å². The van der Waals surface area contributed by atoms with Gasteiger partial charge in [-0.15, -0.1) is 9.24 Å². The van der Waals surface area contributed by atoms with Crippen LogP contribution in [-0.4, -0.2) is 215 Å². The third-order valence-corrected chi connectivity index (χ3v) is 13.9. The van der Waals surface area contributed by atoms with E-state index >= 15 is 0 Å². The van der Waals surface area contributed by atoms with Gasteiger partial charge in [-0.3, -0.25) is 48.1 Å². The Balaban J connectivity index is 0.745. The number of amides is 8. The van der Waals surface area contributed by atoms with E-state index in [1.165, 1.54) is 17.1 Å². The summed E-state index contributed by atoms with van der Waals surface area (Å²) in [5, 5.41) is 24.7. The highest BCUT2D eigenvalue weighted by molar-refractivity contribution is 7.16. The second-order valence-electron chi connectivity index (χ2n) is 18.9. The van der Waals surface area contributed by atoms with E-state index in [0.717, 1.165) is 21.4 Å². The molecule has 1 aromatic carbocycles. The zero-order valence-electron chi connectivity index (χ0n) is 46.1. The fraction of sp³-hybridized carbons (Fsp3) is 0.537. The van der Waals surface area contributed by atoms with E-state index in [4.69, 9.17) is 38.1 Å². The topological polar surface area (TPSA) is 340 Å². The lowest BCUT2D eigenvalue weighted by Gasteiger charge is -2.31. The van der Waals surface area contributed by atoms with Crippen LogP contribution in [0.4, 0.5) is 0 Å². The number of carbonyl (C=O) groups is 9. The molecule has 2 aromatic heterocycles. The van der Waals surface area contributed by atoms with Crippen LogP contribution in [0.1, 0.15) is 48.4 Å². The number of carbonyl (C=O) groups excluding carboxylic acids is 9. The van der Waals surface area contributed by atoms with E-state index in [1.807, 2.05) is 24.3 Å². The minimum atomic E-state index is -1.97. The normalized spacial score (nSPS) is 15.4. The van der Waals surface area contributed by atoms with E-state index < -0.39 is 72.1 Å². The SMILES string of the molecule is CC[C@@]1(O)C(=O)OCc2c1cc1n(c2=O)Cc2c-1nc1ccccc1c2CCN(C)C(=O)CNC(=O)[C@H](CP)NC(=O)CNC(=O)CNC(=O)CCOCCOCCOCCOCCOCCOCCNC(=O)CCN1C(=O)C=CC1=O. The first-order chi connectivity index (χ1) is 39.6. The number of cyclic esters (lactones) is 1. The first kappa shape index (κ1) is 64.1. The highest BCUT2D eigenvalue weighted by Crippen LogP contribution is 2.40. The number of benzene rings is 1. The van der Waals surface area contributed by atoms with Crippen molar-refractivity contribution in [1.29, 1.82) is 0 Å². The number of nitrogens with zero attached hydrogens (tertiary/aromatic N) is 4. The molecule has 5 heterocycles. The van der Waals surface area contributed by atoms with E-state index in [2.05, 4.69) is 35.8 Å². The van der Waals surface area contributed by atoms with Crippen LogP contribution in [0.25, 0.3) is 22.3 Å². The maximum atomic E-state index is 13.8. The number of likely N-dealkylation sites (N-methyl/N-ethyl adjacent to an activating group) is 1. The lowest BCUT2D eigenvalue weighted by atomic mass is 9.86. The number of hydrogen-bond acceptors (Lipinski definition) is 19. The predicted octanol–water partition coefficient (Wildman–Crippen LogP) is -2.29. The van der Waals surface area contributed by atoms with Crippen LogP contribution in [0, 0.1) is 0 Å². The fourth-order valence-electron chi connectivity index (χ4n) is 8.79. The van der Waals surface area contributed by atoms with Gasteiger partial charge in [0.05, 0.1) is 128 Å². The lowest BCUT2D eigenvalue weighted by Crippen LogP contribution is -2.52. The summed E-state index contributed by atoms with van der Waals surface area (Å²) in [4.78, 5) is 132. The van der Waals surface area contributed by atoms with Gasteiger partial charge < -0.3 is 74.3 Å². The molecule has 0 fully saturated rings. The van der Waals surface area contributed by atoms with Crippen molar-refractivity contribution >= 4 is 73.4 Å². The second-order valence-corrected chi connectivity index (χ2v) is 19.4. The van der Waals surface area contributed by atoms with E-state index in [0.29, 0.717) is 76.2 Å². The Hall–Kier alpha value is -7.10. The quantitative estimate of drug-likeness (QED) is 0.0120. The number of aromatic nitrogens is 2. The van der Waals surface area contributed by atoms with Crippen LogP contribution < -0.4 is 32.1 Å². The van der Waals surface area contributed by atoms with Crippen molar-refractivity contribution in [3.63, 3.8) is 0 Å². The number of fused-ring (bicyclic) bond motifs is 5. The van der Waals surface area contributed by atoms with E-state index in [9.17, 15) is 53.1 Å². The Morgan fingerprint density at radius 2 is 1.33 bits per heavy atom. The molecule has 3 atom stereocenters. The second kappa shape index (κ2) is 32.5. The molecule has 0 bridgehead atoms. The molecule has 0 radical (unpaired) electrons. The van der Waals surface area contributed by atoms with Crippen molar-refractivity contribution in [2.45, 2.75) is 57.4 Å². The van der Waals surface area contributed by atoms with Crippen LogP contribution in [0.3, 0.4) is 0 Å². The average Bonchev–Trinajstić information content (AvgIpc) is 4.19. The third-order valence-electron chi connectivity index (χ3n) is 13.4. The minimum Gasteiger partial charge on any atom is -0.458 e. The largest absolute Gasteiger partial charge is 0.458 e. The number of hydrogen-bond donors (Lipinski definition) is 6. The fourth-order valence-corrected chi connectivity index (χ4v) is 9.12. The van der Waals surface area contributed by atoms with Gasteiger partial charge >= 0.3 is 5.97 Å². The standard InChI is InChI=1S/C54H72N9O18P/c1-3-54(74)39-28-42-50-37(32-63(42)52(72)38(39)33-81-53(54)73)35(36-6-4-5-7-40(36)60-50)10-14-61(2)49(70)31-58-51(71)41(34-82)59-46(67)30-57-45(66)29-56-44(65)12-16-75-18-20-77-22-24-79-26-27-80-25-23-78-21-19-76-17-13-55-43(64)11-15-62-47(68)8-9-48(62)69/h4-9,28,41,74H,3,10-27,29-34,82H2,1-2H3,(H,55,64)(H,56,65)(H,57,66)(H,58,71)(H,59,67)/t41-,54-/m0/s1.